The summed E-state index contributed by atoms with van der Waals surface area (Å²) in [6.45, 7) is 4.23. The second kappa shape index (κ2) is 5.68. The number of hydrogen-bond acceptors (Lipinski definition) is 3. The van der Waals surface area contributed by atoms with Crippen LogP contribution in [0.4, 0.5) is 10.1 Å². The summed E-state index contributed by atoms with van der Waals surface area (Å²) in [7, 11) is 0. The van der Waals surface area contributed by atoms with Gasteiger partial charge in [0.15, 0.2) is 0 Å². The Bertz CT molecular complexity index is 519. The van der Waals surface area contributed by atoms with Crippen LogP contribution in [0.1, 0.15) is 33.1 Å². The number of benzene rings is 1. The van der Waals surface area contributed by atoms with Gasteiger partial charge >= 0.3 is 5.69 Å². The molecule has 0 amide bonds. The minimum absolute atomic E-state index is 0.0164. The van der Waals surface area contributed by atoms with Gasteiger partial charge in [0.25, 0.3) is 0 Å². The summed E-state index contributed by atoms with van der Waals surface area (Å²) in [6.07, 6.45) is 2.82. The average Bonchev–Trinajstić information content (AvgIpc) is 2.39. The first-order chi connectivity index (χ1) is 9.44. The quantitative estimate of drug-likeness (QED) is 0.449. The molecule has 0 aromatic heterocycles. The molecule has 0 aliphatic heterocycles. The van der Waals surface area contributed by atoms with Crippen LogP contribution in [-0.4, -0.2) is 15.9 Å². The number of alkyl halides is 1. The van der Waals surface area contributed by atoms with Crippen LogP contribution in [0, 0.1) is 21.3 Å². The van der Waals surface area contributed by atoms with E-state index in [0.29, 0.717) is 10.6 Å². The lowest BCUT2D eigenvalue weighted by Gasteiger charge is -2.52. The molecule has 1 aromatic rings. The van der Waals surface area contributed by atoms with E-state index in [4.69, 9.17) is 4.74 Å². The maximum absolute atomic E-state index is 13.6. The zero-order valence-electron chi connectivity index (χ0n) is 11.4. The Morgan fingerprint density at radius 2 is 2.15 bits per heavy atom. The molecule has 2 rings (SSSR count). The van der Waals surface area contributed by atoms with Gasteiger partial charge in [-0.3, -0.25) is 10.1 Å². The number of nitro groups is 1. The van der Waals surface area contributed by atoms with Crippen molar-refractivity contribution in [2.24, 2.45) is 5.41 Å². The van der Waals surface area contributed by atoms with Crippen molar-refractivity contribution in [2.45, 2.75) is 44.0 Å². The topological polar surface area (TPSA) is 52.4 Å². The van der Waals surface area contributed by atoms with E-state index >= 15 is 0 Å². The lowest BCUT2D eigenvalue weighted by molar-refractivity contribution is -0.387. The van der Waals surface area contributed by atoms with Crippen LogP contribution >= 0.6 is 15.9 Å². The first-order valence-corrected chi connectivity index (χ1v) is 7.60. The predicted molar refractivity (Wildman–Crippen MR) is 77.8 cm³/mol. The molecule has 1 aliphatic carbocycles. The van der Waals surface area contributed by atoms with Gasteiger partial charge in [0.2, 0.25) is 5.82 Å². The minimum Gasteiger partial charge on any atom is -0.490 e. The van der Waals surface area contributed by atoms with E-state index in [1.165, 1.54) is 6.07 Å². The first-order valence-electron chi connectivity index (χ1n) is 6.69. The molecule has 20 heavy (non-hydrogen) atoms. The molecule has 0 heterocycles. The van der Waals surface area contributed by atoms with E-state index in [0.717, 1.165) is 31.4 Å². The highest BCUT2D eigenvalue weighted by molar-refractivity contribution is 9.09. The number of rotatable bonds is 5. The van der Waals surface area contributed by atoms with E-state index < -0.39 is 16.4 Å². The van der Waals surface area contributed by atoms with Gasteiger partial charge in [0, 0.05) is 22.4 Å². The molecule has 0 radical (unpaired) electrons. The molecule has 0 saturated heterocycles. The largest absolute Gasteiger partial charge is 0.490 e. The van der Waals surface area contributed by atoms with Gasteiger partial charge in [-0.2, -0.15) is 4.39 Å². The third kappa shape index (κ3) is 2.41. The smallest absolute Gasteiger partial charge is 0.305 e. The highest BCUT2D eigenvalue weighted by Gasteiger charge is 2.53. The summed E-state index contributed by atoms with van der Waals surface area (Å²) in [4.78, 5) is 10.2. The zero-order chi connectivity index (χ0) is 14.9. The van der Waals surface area contributed by atoms with Crippen molar-refractivity contribution in [3.05, 3.63) is 34.1 Å². The molecule has 0 bridgehead atoms. The highest BCUT2D eigenvalue weighted by atomic mass is 79.9. The minimum atomic E-state index is -0.860. The van der Waals surface area contributed by atoms with Crippen LogP contribution in [0.2, 0.25) is 0 Å². The summed E-state index contributed by atoms with van der Waals surface area (Å²) in [6, 6.07) is 3.70. The Kier molecular flexibility index (Phi) is 4.32. The van der Waals surface area contributed by atoms with Crippen molar-refractivity contribution >= 4 is 21.6 Å². The monoisotopic (exact) mass is 345 g/mol. The van der Waals surface area contributed by atoms with Crippen molar-refractivity contribution in [1.29, 1.82) is 0 Å². The van der Waals surface area contributed by atoms with Crippen molar-refractivity contribution in [3.63, 3.8) is 0 Å². The maximum atomic E-state index is 13.6. The molecule has 1 fully saturated rings. The van der Waals surface area contributed by atoms with E-state index in [1.807, 2.05) is 0 Å². The van der Waals surface area contributed by atoms with Gasteiger partial charge in [-0.25, -0.2) is 0 Å². The third-order valence-corrected chi connectivity index (χ3v) is 5.68. The van der Waals surface area contributed by atoms with Crippen LogP contribution in [-0.2, 0) is 0 Å². The molecular weight excluding hydrogens is 329 g/mol. The number of nitrogens with zero attached hydrogens (tertiary/aromatic N) is 1. The number of hydrogen-bond donors (Lipinski definition) is 0. The molecule has 110 valence electrons. The van der Waals surface area contributed by atoms with Gasteiger partial charge in [0.05, 0.1) is 4.92 Å². The molecular formula is C14H17BrFNO3. The molecule has 2 atom stereocenters. The second-order valence-electron chi connectivity index (χ2n) is 5.12. The van der Waals surface area contributed by atoms with E-state index in [-0.39, 0.29) is 11.5 Å². The molecule has 1 saturated carbocycles. The van der Waals surface area contributed by atoms with Crippen molar-refractivity contribution in [3.8, 4) is 5.75 Å². The first kappa shape index (κ1) is 15.2. The molecule has 0 N–H and O–H groups in total. The molecule has 2 unspecified atom stereocenters. The van der Waals surface area contributed by atoms with Crippen LogP contribution in [0.5, 0.6) is 5.75 Å². The van der Waals surface area contributed by atoms with Gasteiger partial charge < -0.3 is 4.74 Å². The fraction of sp³-hybridized carbons (Fsp3) is 0.571. The summed E-state index contributed by atoms with van der Waals surface area (Å²) in [5.74, 6) is -0.510. The lowest BCUT2D eigenvalue weighted by atomic mass is 9.62. The standard InChI is InChI=1S/C14H17BrFNO3/c1-3-14(4-2)12(15)8-13(14)20-9-5-6-11(17(18)19)10(16)7-9/h5-7,12-13H,3-4,8H2,1-2H3. The SMILES string of the molecule is CCC1(CC)C(Br)CC1Oc1ccc([N+](=O)[O-])c(F)c1. The summed E-state index contributed by atoms with van der Waals surface area (Å²) in [5.41, 5.74) is -0.472. The summed E-state index contributed by atoms with van der Waals surface area (Å²) < 4.78 is 19.4. The molecule has 1 aliphatic rings. The Balaban J connectivity index is 2.15. The molecule has 6 heteroatoms. The lowest BCUT2D eigenvalue weighted by Crippen LogP contribution is -2.56. The Morgan fingerprint density at radius 1 is 1.50 bits per heavy atom. The zero-order valence-corrected chi connectivity index (χ0v) is 13.0. The Labute approximate surface area is 125 Å². The van der Waals surface area contributed by atoms with Crippen molar-refractivity contribution in [2.75, 3.05) is 0 Å². The molecule has 1 aromatic carbocycles. The summed E-state index contributed by atoms with van der Waals surface area (Å²) >= 11 is 3.66. The third-order valence-electron chi connectivity index (χ3n) is 4.40. The van der Waals surface area contributed by atoms with E-state index in [1.54, 1.807) is 0 Å². The Hall–Kier alpha value is -1.17. The number of ether oxygens (including phenoxy) is 1. The highest BCUT2D eigenvalue weighted by Crippen LogP contribution is 2.52. The number of nitro benzene ring substituents is 1. The Morgan fingerprint density at radius 3 is 2.60 bits per heavy atom. The van der Waals surface area contributed by atoms with E-state index in [9.17, 15) is 14.5 Å². The average molecular weight is 346 g/mol. The molecule has 0 spiro atoms. The van der Waals surface area contributed by atoms with Gasteiger partial charge in [-0.1, -0.05) is 29.8 Å². The summed E-state index contributed by atoms with van der Waals surface area (Å²) in [5, 5.41) is 10.6. The van der Waals surface area contributed by atoms with Gasteiger partial charge in [-0.05, 0) is 25.3 Å². The van der Waals surface area contributed by atoms with Crippen LogP contribution in [0.25, 0.3) is 0 Å². The second-order valence-corrected chi connectivity index (χ2v) is 6.23. The van der Waals surface area contributed by atoms with Crippen LogP contribution < -0.4 is 4.74 Å². The van der Waals surface area contributed by atoms with Gasteiger partial charge in [0.1, 0.15) is 11.9 Å². The van der Waals surface area contributed by atoms with Crippen LogP contribution in [0.3, 0.4) is 0 Å². The van der Waals surface area contributed by atoms with Crippen LogP contribution in [0.15, 0.2) is 18.2 Å². The van der Waals surface area contributed by atoms with Crippen molar-refractivity contribution < 1.29 is 14.1 Å². The normalized spacial score (nSPS) is 24.0. The number of halogens is 2. The molecule has 4 nitrogen and oxygen atoms in total. The van der Waals surface area contributed by atoms with Crippen molar-refractivity contribution in [1.82, 2.24) is 0 Å². The predicted octanol–water partition coefficient (Wildman–Crippen LogP) is 4.45. The van der Waals surface area contributed by atoms with Gasteiger partial charge in [-0.15, -0.1) is 0 Å². The fourth-order valence-electron chi connectivity index (χ4n) is 2.89. The maximum Gasteiger partial charge on any atom is 0.305 e. The fourth-order valence-corrected chi connectivity index (χ4v) is 4.17. The van der Waals surface area contributed by atoms with E-state index in [2.05, 4.69) is 29.8 Å².